The van der Waals surface area contributed by atoms with Gasteiger partial charge in [-0.1, -0.05) is 6.92 Å². The first-order valence-corrected chi connectivity index (χ1v) is 4.13. The Kier molecular flexibility index (Phi) is 1.31. The van der Waals surface area contributed by atoms with Crippen LogP contribution < -0.4 is 5.32 Å². The number of nitrogens with zero attached hydrogens (tertiary/aromatic N) is 1. The van der Waals surface area contributed by atoms with E-state index in [0.717, 1.165) is 0 Å². The van der Waals surface area contributed by atoms with Crippen molar-refractivity contribution in [3.63, 3.8) is 0 Å². The van der Waals surface area contributed by atoms with Crippen molar-refractivity contribution in [1.29, 1.82) is 0 Å². The minimum absolute atomic E-state index is 0.700. The molecule has 2 aliphatic heterocycles. The first-order chi connectivity index (χ1) is 4.85. The van der Waals surface area contributed by atoms with Crippen LogP contribution in [0.5, 0.6) is 0 Å². The normalized spacial score (nSPS) is 27.5. The monoisotopic (exact) mass is 139 g/mol. The number of nitrogens with one attached hydrogen (secondary N) is 1. The van der Waals surface area contributed by atoms with Gasteiger partial charge in [0.2, 0.25) is 0 Å². The summed E-state index contributed by atoms with van der Waals surface area (Å²) < 4.78 is 2.43. The van der Waals surface area contributed by atoms with Crippen LogP contribution in [0.15, 0.2) is 0 Å². The van der Waals surface area contributed by atoms with E-state index in [9.17, 15) is 0 Å². The molecule has 0 bridgehead atoms. The highest BCUT2D eigenvalue weighted by Crippen LogP contribution is 2.30. The summed E-state index contributed by atoms with van der Waals surface area (Å²) in [4.78, 5) is 0. The van der Waals surface area contributed by atoms with E-state index in [-0.39, 0.29) is 0 Å². The molecule has 0 radical (unpaired) electrons. The summed E-state index contributed by atoms with van der Waals surface area (Å²) in [5.74, 6) is 0. The second-order valence-electron chi connectivity index (χ2n) is 3.60. The molecule has 0 aliphatic carbocycles. The van der Waals surface area contributed by atoms with E-state index in [4.69, 9.17) is 0 Å². The lowest BCUT2D eigenvalue weighted by Gasteiger charge is -2.45. The molecule has 2 nitrogen and oxygen atoms in total. The van der Waals surface area contributed by atoms with Gasteiger partial charge >= 0.3 is 0 Å². The number of hydrogen-bond acceptors (Lipinski definition) is 1. The third kappa shape index (κ3) is 0.788. The smallest absolute Gasteiger partial charge is 0.156 e. The van der Waals surface area contributed by atoms with Crippen LogP contribution in [-0.2, 0) is 0 Å². The molecule has 0 amide bonds. The molecule has 10 heavy (non-hydrogen) atoms. The van der Waals surface area contributed by atoms with Crippen molar-refractivity contribution in [3.05, 3.63) is 0 Å². The van der Waals surface area contributed by atoms with E-state index in [2.05, 4.69) is 23.0 Å². The average molecular weight is 139 g/mol. The molecule has 2 heteroatoms. The lowest BCUT2D eigenvalue weighted by molar-refractivity contribution is -0.628. The van der Waals surface area contributed by atoms with Crippen LogP contribution in [0.4, 0.5) is 0 Å². The third-order valence-electron chi connectivity index (χ3n) is 2.52. The molecule has 56 valence electrons. The Bertz CT molecular complexity index is 158. The van der Waals surface area contributed by atoms with Crippen LogP contribution in [0, 0.1) is 5.41 Å². The molecule has 2 fully saturated rings. The van der Waals surface area contributed by atoms with Crippen LogP contribution in [0.3, 0.4) is 0 Å². The highest BCUT2D eigenvalue weighted by Gasteiger charge is 2.52. The van der Waals surface area contributed by atoms with Crippen molar-refractivity contribution >= 4 is 6.21 Å². The van der Waals surface area contributed by atoms with E-state index in [0.29, 0.717) is 5.41 Å². The van der Waals surface area contributed by atoms with E-state index in [1.807, 2.05) is 0 Å². The minimum Gasteiger partial charge on any atom is -0.315 e. The highest BCUT2D eigenvalue weighted by molar-refractivity contribution is 5.50. The lowest BCUT2D eigenvalue weighted by atomic mass is 9.75. The van der Waals surface area contributed by atoms with Gasteiger partial charge in [-0.25, -0.2) is 4.58 Å². The fraction of sp³-hybridized carbons (Fsp3) is 0.875. The third-order valence-corrected chi connectivity index (χ3v) is 2.52. The van der Waals surface area contributed by atoms with Gasteiger partial charge < -0.3 is 5.32 Å². The maximum Gasteiger partial charge on any atom is 0.156 e. The molecule has 0 aromatic heterocycles. The molecule has 0 unspecified atom stereocenters. The van der Waals surface area contributed by atoms with E-state index < -0.39 is 0 Å². The summed E-state index contributed by atoms with van der Waals surface area (Å²) >= 11 is 0. The Morgan fingerprint density at radius 2 is 2.20 bits per heavy atom. The summed E-state index contributed by atoms with van der Waals surface area (Å²) in [6, 6.07) is 0. The van der Waals surface area contributed by atoms with Gasteiger partial charge in [-0.15, -0.1) is 0 Å². The molecule has 0 aromatic rings. The van der Waals surface area contributed by atoms with Crippen molar-refractivity contribution in [3.8, 4) is 0 Å². The van der Waals surface area contributed by atoms with E-state index >= 15 is 0 Å². The summed E-state index contributed by atoms with van der Waals surface area (Å²) in [5, 5.41) is 3.33. The molecule has 2 heterocycles. The number of hydrogen-bond donors (Lipinski definition) is 1. The van der Waals surface area contributed by atoms with Gasteiger partial charge in [0.25, 0.3) is 0 Å². The summed E-state index contributed by atoms with van der Waals surface area (Å²) in [7, 11) is 0. The lowest BCUT2D eigenvalue weighted by Crippen LogP contribution is -2.68. The highest BCUT2D eigenvalue weighted by atomic mass is 15.2. The van der Waals surface area contributed by atoms with Gasteiger partial charge in [-0.2, -0.15) is 0 Å². The largest absolute Gasteiger partial charge is 0.315 e. The molecular formula is C8H15N2+. The Hall–Kier alpha value is -0.370. The molecule has 2 saturated heterocycles. The number of rotatable bonds is 1. The van der Waals surface area contributed by atoms with Gasteiger partial charge in [0.1, 0.15) is 11.6 Å². The predicted octanol–water partition coefficient (Wildman–Crippen LogP) is 0.0829. The Morgan fingerprint density at radius 3 is 2.60 bits per heavy atom. The predicted molar refractivity (Wildman–Crippen MR) is 41.7 cm³/mol. The van der Waals surface area contributed by atoms with Gasteiger partial charge in [-0.3, -0.25) is 0 Å². The Morgan fingerprint density at radius 1 is 1.50 bits per heavy atom. The van der Waals surface area contributed by atoms with E-state index in [1.54, 1.807) is 0 Å². The van der Waals surface area contributed by atoms with Gasteiger partial charge in [-0.05, 0) is 0 Å². The van der Waals surface area contributed by atoms with Crippen LogP contribution >= 0.6 is 0 Å². The zero-order valence-electron chi connectivity index (χ0n) is 6.56. The summed E-state index contributed by atoms with van der Waals surface area (Å²) in [5.41, 5.74) is 0.700. The van der Waals surface area contributed by atoms with Crippen molar-refractivity contribution in [2.24, 2.45) is 5.41 Å². The molecule has 0 saturated carbocycles. The first kappa shape index (κ1) is 6.35. The quantitative estimate of drug-likeness (QED) is 0.509. The second-order valence-corrected chi connectivity index (χ2v) is 3.60. The zero-order valence-corrected chi connectivity index (χ0v) is 6.56. The SMILES string of the molecule is CCC=[N+]1CC2(CNC2)C1. The van der Waals surface area contributed by atoms with Crippen LogP contribution in [0.2, 0.25) is 0 Å². The molecule has 0 atom stereocenters. The minimum atomic E-state index is 0.700. The van der Waals surface area contributed by atoms with Crippen LogP contribution in [0.1, 0.15) is 13.3 Å². The fourth-order valence-corrected chi connectivity index (χ4v) is 1.90. The Labute approximate surface area is 61.9 Å². The molecular weight excluding hydrogens is 124 g/mol. The molecule has 1 N–H and O–H groups in total. The average Bonchev–Trinajstić information content (AvgIpc) is 1.72. The van der Waals surface area contributed by atoms with Crippen LogP contribution in [-0.4, -0.2) is 37.0 Å². The standard InChI is InChI=1S/C8H15N2/c1-2-3-10-6-8(7-10)4-9-5-8/h3,9H,2,4-7H2,1H3/q+1. The van der Waals surface area contributed by atoms with Gasteiger partial charge in [0.05, 0.1) is 0 Å². The topological polar surface area (TPSA) is 15.0 Å². The molecule has 1 spiro atoms. The van der Waals surface area contributed by atoms with Gasteiger partial charge in [0.15, 0.2) is 13.1 Å². The van der Waals surface area contributed by atoms with Crippen molar-refractivity contribution in [1.82, 2.24) is 5.32 Å². The van der Waals surface area contributed by atoms with Crippen molar-refractivity contribution < 1.29 is 4.58 Å². The second kappa shape index (κ2) is 2.06. The molecule has 0 aromatic carbocycles. The fourth-order valence-electron chi connectivity index (χ4n) is 1.90. The summed E-state index contributed by atoms with van der Waals surface area (Å²) in [6.07, 6.45) is 3.49. The molecule has 2 rings (SSSR count). The molecule has 2 aliphatic rings. The first-order valence-electron chi connectivity index (χ1n) is 4.13. The van der Waals surface area contributed by atoms with Crippen LogP contribution in [0.25, 0.3) is 0 Å². The maximum absolute atomic E-state index is 3.33. The van der Waals surface area contributed by atoms with Crippen molar-refractivity contribution in [2.75, 3.05) is 26.2 Å². The van der Waals surface area contributed by atoms with Gasteiger partial charge in [0, 0.05) is 19.5 Å². The Balaban J connectivity index is 1.87. The zero-order chi connectivity index (χ0) is 7.03. The summed E-state index contributed by atoms with van der Waals surface area (Å²) in [6.45, 7) is 7.30. The van der Waals surface area contributed by atoms with Crippen molar-refractivity contribution in [2.45, 2.75) is 13.3 Å². The van der Waals surface area contributed by atoms with E-state index in [1.165, 1.54) is 32.6 Å². The maximum atomic E-state index is 3.33.